The Bertz CT molecular complexity index is 1930. The molecule has 0 spiro atoms. The molecule has 2 aliphatic rings. The Morgan fingerprint density at radius 2 is 1.73 bits per heavy atom. The van der Waals surface area contributed by atoms with E-state index in [0.29, 0.717) is 18.7 Å². The Balaban J connectivity index is 1.20. The van der Waals surface area contributed by atoms with Crippen LogP contribution in [0.25, 0.3) is 11.2 Å². The molecule has 7 atom stereocenters. The van der Waals surface area contributed by atoms with Crippen molar-refractivity contribution in [3.63, 3.8) is 0 Å². The summed E-state index contributed by atoms with van der Waals surface area (Å²) in [6, 6.07) is 0. The van der Waals surface area contributed by atoms with Crippen molar-refractivity contribution in [1.29, 1.82) is 0 Å². The second-order valence-electron chi connectivity index (χ2n) is 14.7. The molecule has 2 aromatic rings. The number of aromatic nitrogens is 4. The van der Waals surface area contributed by atoms with Crippen molar-refractivity contribution in [2.75, 3.05) is 44.3 Å². The van der Waals surface area contributed by atoms with Gasteiger partial charge in [-0.2, -0.15) is 4.31 Å². The maximum Gasteiger partial charge on any atom is 0.481 e. The van der Waals surface area contributed by atoms with E-state index in [-0.39, 0.29) is 47.0 Å². The van der Waals surface area contributed by atoms with Gasteiger partial charge in [0.15, 0.2) is 22.8 Å². The molecule has 0 bridgehead atoms. The Morgan fingerprint density at radius 1 is 1.05 bits per heavy atom. The molecule has 1 saturated carbocycles. The number of fused-ring (bicyclic) bond motifs is 1. The highest BCUT2D eigenvalue weighted by Crippen LogP contribution is 2.61. The van der Waals surface area contributed by atoms with Crippen molar-refractivity contribution in [2.45, 2.75) is 89.4 Å². The number of phosphoric ester groups is 3. The van der Waals surface area contributed by atoms with Gasteiger partial charge in [-0.05, 0) is 24.8 Å². The van der Waals surface area contributed by atoms with Gasteiger partial charge in [0, 0.05) is 37.1 Å². The summed E-state index contributed by atoms with van der Waals surface area (Å²) in [4.78, 5) is 88.4. The summed E-state index contributed by atoms with van der Waals surface area (Å²) < 4.78 is 62.2. The van der Waals surface area contributed by atoms with Crippen molar-refractivity contribution in [2.24, 2.45) is 16.6 Å². The molecule has 2 aromatic heterocycles. The third-order valence-corrected chi connectivity index (χ3v) is 13.6. The minimum atomic E-state index is -5.57. The number of thioether (sulfide) groups is 1. The third kappa shape index (κ3) is 14.3. The fraction of sp³-hybridized carbons (Fsp3) is 0.733. The van der Waals surface area contributed by atoms with E-state index >= 15 is 0 Å². The van der Waals surface area contributed by atoms with Crippen LogP contribution in [-0.4, -0.2) is 129 Å². The van der Waals surface area contributed by atoms with Crippen LogP contribution in [0.15, 0.2) is 12.7 Å². The van der Waals surface area contributed by atoms with E-state index in [1.165, 1.54) is 13.8 Å². The average molecular weight is 921 g/mol. The van der Waals surface area contributed by atoms with E-state index in [1.54, 1.807) is 0 Å². The zero-order chi connectivity index (χ0) is 43.8. The molecule has 0 radical (unpaired) electrons. The van der Waals surface area contributed by atoms with E-state index in [1.807, 2.05) is 0 Å². The summed E-state index contributed by atoms with van der Waals surface area (Å²) >= 11 is 1.12. The summed E-state index contributed by atoms with van der Waals surface area (Å²) in [5.41, 5.74) is 10.1. The van der Waals surface area contributed by atoms with E-state index < -0.39 is 84.6 Å². The summed E-state index contributed by atoms with van der Waals surface area (Å²) in [5.74, 6) is -1.09. The predicted octanol–water partition coefficient (Wildman–Crippen LogP) is -0.0360. The highest BCUT2D eigenvalue weighted by molar-refractivity contribution is 8.13. The van der Waals surface area contributed by atoms with Gasteiger partial charge in [-0.15, -0.1) is 0 Å². The number of nitrogens with one attached hydrogen (secondary N) is 2. The van der Waals surface area contributed by atoms with Gasteiger partial charge in [0.1, 0.15) is 36.3 Å². The molecule has 1 saturated heterocycles. The van der Waals surface area contributed by atoms with Gasteiger partial charge in [0.25, 0.3) is 0 Å². The predicted molar refractivity (Wildman–Crippen MR) is 206 cm³/mol. The molecular weight excluding hydrogens is 869 g/mol. The second-order valence-corrected chi connectivity index (χ2v) is 20.1. The third-order valence-electron chi connectivity index (χ3n) is 9.63. The molecule has 0 aromatic carbocycles. The highest BCUT2D eigenvalue weighted by atomic mass is 32.2. The van der Waals surface area contributed by atoms with Crippen molar-refractivity contribution < 1.29 is 80.5 Å². The first-order valence-corrected chi connectivity index (χ1v) is 23.7. The van der Waals surface area contributed by atoms with E-state index in [2.05, 4.69) is 34.4 Å². The SMILES string of the molecule is CC(C)(COP(=O)(O)OP(=O)(O)OCC1OC(n2cnc3c(N)ncnc32)C(O)C1OP(=O)(O)O)C(O)C(=O)NCCC(=O)NCCSC(=O)CC1(CN)CCCCC1. The monoisotopic (exact) mass is 920 g/mol. The Labute approximate surface area is 342 Å². The first-order valence-electron chi connectivity index (χ1n) is 18.2. The molecule has 1 aliphatic heterocycles. The fourth-order valence-corrected chi connectivity index (χ4v) is 10.1. The normalized spacial score (nSPS) is 23.6. The number of nitrogen functional groups attached to an aromatic ring is 1. The lowest BCUT2D eigenvalue weighted by molar-refractivity contribution is -0.137. The summed E-state index contributed by atoms with van der Waals surface area (Å²) in [6.45, 7) is 0.967. The number of phosphoric acid groups is 3. The van der Waals surface area contributed by atoms with Crippen molar-refractivity contribution in [3.8, 4) is 0 Å². The van der Waals surface area contributed by atoms with Gasteiger partial charge in [-0.1, -0.05) is 44.9 Å². The van der Waals surface area contributed by atoms with Crippen LogP contribution in [0.1, 0.15) is 65.0 Å². The molecule has 334 valence electrons. The van der Waals surface area contributed by atoms with Gasteiger partial charge >= 0.3 is 23.5 Å². The van der Waals surface area contributed by atoms with Gasteiger partial charge in [0.05, 0.1) is 19.5 Å². The second kappa shape index (κ2) is 20.6. The number of rotatable bonds is 22. The number of nitrogens with zero attached hydrogens (tertiary/aromatic N) is 4. The standard InChI is InChI=1S/C30H51N8O17P3S/c1-29(2,24(42)27(43)34-9-6-19(39)33-10-11-59-20(40)12-30(14-31)7-4-3-5-8-30)15-52-58(49,50)55-57(47,48)51-13-18-23(54-56(44,45)46)22(41)28(53-18)38-17-37-21-25(32)35-16-36-26(21)38/h16-18,22-24,28,41-42H,3-15,31H2,1-2H3,(H,33,39)(H,34,43)(H,47,48)(H,49,50)(H2,32,35,36)(H2,44,45,46). The Hall–Kier alpha value is -2.48. The lowest BCUT2D eigenvalue weighted by Gasteiger charge is -2.35. The Kier molecular flexibility index (Phi) is 17.2. The van der Waals surface area contributed by atoms with Crippen LogP contribution in [-0.2, 0) is 50.7 Å². The van der Waals surface area contributed by atoms with Crippen molar-refractivity contribution >= 4 is 69.1 Å². The van der Waals surface area contributed by atoms with Crippen LogP contribution in [0.3, 0.4) is 0 Å². The largest absolute Gasteiger partial charge is 0.481 e. The molecule has 3 heterocycles. The van der Waals surface area contributed by atoms with E-state index in [0.717, 1.165) is 61.1 Å². The molecule has 59 heavy (non-hydrogen) atoms. The smallest absolute Gasteiger partial charge is 0.386 e. The molecule has 29 heteroatoms. The maximum absolute atomic E-state index is 12.7. The number of nitrogens with two attached hydrogens (primary N) is 2. The topological polar surface area (TPSA) is 390 Å². The number of amides is 2. The first-order chi connectivity index (χ1) is 27.5. The van der Waals surface area contributed by atoms with Gasteiger partial charge in [0.2, 0.25) is 11.8 Å². The number of hydrogen-bond donors (Lipinski definition) is 10. The molecular formula is C30H51N8O17P3S. The molecule has 4 rings (SSSR count). The Morgan fingerprint density at radius 3 is 2.39 bits per heavy atom. The molecule has 2 fully saturated rings. The van der Waals surface area contributed by atoms with Crippen LogP contribution in [0, 0.1) is 10.8 Å². The number of aliphatic hydroxyl groups excluding tert-OH is 2. The van der Waals surface area contributed by atoms with Gasteiger partial charge < -0.3 is 56.6 Å². The quantitative estimate of drug-likeness (QED) is 0.0547. The lowest BCUT2D eigenvalue weighted by atomic mass is 9.72. The molecule has 7 unspecified atom stereocenters. The van der Waals surface area contributed by atoms with Gasteiger partial charge in [-0.3, -0.25) is 32.5 Å². The first kappa shape index (κ1) is 49.2. The van der Waals surface area contributed by atoms with E-state index in [4.69, 9.17) is 25.3 Å². The number of imidazole rings is 1. The lowest BCUT2D eigenvalue weighted by Crippen LogP contribution is -2.46. The minimum absolute atomic E-state index is 0.0172. The van der Waals surface area contributed by atoms with E-state index in [9.17, 15) is 57.9 Å². The molecule has 1 aliphatic carbocycles. The van der Waals surface area contributed by atoms with Crippen molar-refractivity contribution in [1.82, 2.24) is 30.2 Å². The van der Waals surface area contributed by atoms with Crippen LogP contribution >= 0.6 is 35.2 Å². The van der Waals surface area contributed by atoms with Gasteiger partial charge in [-0.25, -0.2) is 28.6 Å². The maximum atomic E-state index is 12.7. The van der Waals surface area contributed by atoms with Crippen molar-refractivity contribution in [3.05, 3.63) is 12.7 Å². The number of ether oxygens (including phenoxy) is 1. The highest BCUT2D eigenvalue weighted by Gasteiger charge is 2.50. The van der Waals surface area contributed by atoms with Crippen LogP contribution in [0.2, 0.25) is 0 Å². The number of carbonyl (C=O) groups excluding carboxylic acids is 3. The summed E-state index contributed by atoms with van der Waals surface area (Å²) in [5, 5.41) is 26.5. The average Bonchev–Trinajstić information content (AvgIpc) is 3.71. The molecule has 25 nitrogen and oxygen atoms in total. The zero-order valence-corrected chi connectivity index (χ0v) is 35.6. The summed E-state index contributed by atoms with van der Waals surface area (Å²) in [7, 11) is -16.4. The number of anilines is 1. The van der Waals surface area contributed by atoms with Crippen LogP contribution in [0.4, 0.5) is 5.82 Å². The fourth-order valence-electron chi connectivity index (χ4n) is 6.41. The van der Waals surface area contributed by atoms with Crippen LogP contribution in [0.5, 0.6) is 0 Å². The molecule has 2 amide bonds. The van der Waals surface area contributed by atoms with Crippen LogP contribution < -0.4 is 22.1 Å². The summed E-state index contributed by atoms with van der Waals surface area (Å²) in [6.07, 6.45) is -1.42. The number of carbonyl (C=O) groups is 3. The zero-order valence-electron chi connectivity index (χ0n) is 32.1. The molecule has 12 N–H and O–H groups in total. The minimum Gasteiger partial charge on any atom is -0.386 e. The number of aliphatic hydroxyl groups is 2. The number of hydrogen-bond acceptors (Lipinski definition) is 19.